The summed E-state index contributed by atoms with van der Waals surface area (Å²) < 4.78 is 10.4. The fourth-order valence-electron chi connectivity index (χ4n) is 1.72. The van der Waals surface area contributed by atoms with Gasteiger partial charge in [-0.2, -0.15) is 0 Å². The number of hydrogen-bond donors (Lipinski definition) is 1. The van der Waals surface area contributed by atoms with Crippen LogP contribution in [-0.4, -0.2) is 24.8 Å². The largest absolute Gasteiger partial charge is 0.492 e. The van der Waals surface area contributed by atoms with E-state index in [1.807, 2.05) is 25.1 Å². The number of rotatable bonds is 5. The van der Waals surface area contributed by atoms with E-state index in [1.165, 1.54) is 7.11 Å². The normalized spacial score (nSPS) is 12.9. The molecule has 0 amide bonds. The third kappa shape index (κ3) is 3.96. The first kappa shape index (κ1) is 15.5. The monoisotopic (exact) mass is 266 g/mol. The number of carbonyl (C=O) groups excluding carboxylic acids is 1. The van der Waals surface area contributed by atoms with Crippen LogP contribution in [0.5, 0.6) is 5.75 Å². The van der Waals surface area contributed by atoms with E-state index in [9.17, 15) is 9.90 Å². The quantitative estimate of drug-likeness (QED) is 0.832. The fourth-order valence-corrected chi connectivity index (χ4v) is 1.72. The number of aliphatic hydroxyl groups is 1. The molecular formula is C15H22O4. The summed E-state index contributed by atoms with van der Waals surface area (Å²) in [5.74, 6) is 0.274. The van der Waals surface area contributed by atoms with Gasteiger partial charge in [0, 0.05) is 5.56 Å². The third-order valence-electron chi connectivity index (χ3n) is 2.94. The van der Waals surface area contributed by atoms with E-state index in [4.69, 9.17) is 9.47 Å². The predicted octanol–water partition coefficient (Wildman–Crippen LogP) is 2.63. The smallest absolute Gasteiger partial charge is 0.314 e. The molecule has 4 heteroatoms. The molecule has 19 heavy (non-hydrogen) atoms. The van der Waals surface area contributed by atoms with Crippen LogP contribution < -0.4 is 4.74 Å². The van der Waals surface area contributed by atoms with Gasteiger partial charge in [-0.15, -0.1) is 0 Å². The van der Waals surface area contributed by atoms with Crippen molar-refractivity contribution >= 4 is 5.97 Å². The van der Waals surface area contributed by atoms with Gasteiger partial charge in [-0.05, 0) is 39.8 Å². The van der Waals surface area contributed by atoms with E-state index in [1.54, 1.807) is 20.8 Å². The van der Waals surface area contributed by atoms with Crippen LogP contribution in [0.2, 0.25) is 0 Å². The summed E-state index contributed by atoms with van der Waals surface area (Å²) >= 11 is 0. The van der Waals surface area contributed by atoms with Crippen LogP contribution in [0, 0.1) is 12.3 Å². The number of methoxy groups -OCH3 is 1. The number of benzene rings is 1. The summed E-state index contributed by atoms with van der Waals surface area (Å²) in [5.41, 5.74) is 1.05. The summed E-state index contributed by atoms with van der Waals surface area (Å²) in [7, 11) is 1.36. The number of hydrogen-bond acceptors (Lipinski definition) is 4. The number of carbonyl (C=O) groups is 1. The number of esters is 1. The summed E-state index contributed by atoms with van der Waals surface area (Å²) in [6.45, 7) is 7.35. The second-order valence-corrected chi connectivity index (χ2v) is 5.38. The first-order valence-electron chi connectivity index (χ1n) is 6.28. The molecule has 1 N–H and O–H groups in total. The van der Waals surface area contributed by atoms with E-state index >= 15 is 0 Å². The maximum atomic E-state index is 11.6. The molecule has 1 aromatic carbocycles. The second-order valence-electron chi connectivity index (χ2n) is 5.38. The van der Waals surface area contributed by atoms with E-state index in [-0.39, 0.29) is 12.6 Å². The molecule has 0 heterocycles. The minimum absolute atomic E-state index is 0.197. The molecule has 0 aromatic heterocycles. The highest BCUT2D eigenvalue weighted by atomic mass is 16.5. The Morgan fingerprint density at radius 3 is 2.58 bits per heavy atom. The Hall–Kier alpha value is -1.55. The number of ether oxygens (including phenoxy) is 2. The standard InChI is InChI=1S/C15H22O4/c1-10-6-7-13(12(8-10)11(2)16)19-9-15(3,4)14(17)18-5/h6-8,11,16H,9H2,1-5H3/t11-/m0/s1. The van der Waals surface area contributed by atoms with Crippen molar-refractivity contribution in [1.29, 1.82) is 0 Å². The highest BCUT2D eigenvalue weighted by Gasteiger charge is 2.30. The molecule has 4 nitrogen and oxygen atoms in total. The molecule has 0 unspecified atom stereocenters. The predicted molar refractivity (Wildman–Crippen MR) is 73.1 cm³/mol. The first-order valence-corrected chi connectivity index (χ1v) is 6.28. The van der Waals surface area contributed by atoms with Crippen LogP contribution in [-0.2, 0) is 9.53 Å². The van der Waals surface area contributed by atoms with Gasteiger partial charge in [-0.25, -0.2) is 0 Å². The highest BCUT2D eigenvalue weighted by molar-refractivity contribution is 5.75. The van der Waals surface area contributed by atoms with E-state index < -0.39 is 11.5 Å². The molecule has 1 rings (SSSR count). The van der Waals surface area contributed by atoms with Crippen molar-refractivity contribution in [3.8, 4) is 5.75 Å². The van der Waals surface area contributed by atoms with Gasteiger partial charge in [0.2, 0.25) is 0 Å². The van der Waals surface area contributed by atoms with Crippen molar-refractivity contribution in [2.24, 2.45) is 5.41 Å². The van der Waals surface area contributed by atoms with Crippen LogP contribution >= 0.6 is 0 Å². The van der Waals surface area contributed by atoms with Gasteiger partial charge < -0.3 is 14.6 Å². The molecule has 1 aromatic rings. The Bertz CT molecular complexity index is 449. The molecule has 1 atom stereocenters. The molecule has 0 aliphatic rings. The van der Waals surface area contributed by atoms with E-state index in [0.29, 0.717) is 5.75 Å². The van der Waals surface area contributed by atoms with Crippen molar-refractivity contribution in [3.05, 3.63) is 29.3 Å². The molecule has 0 aliphatic carbocycles. The van der Waals surface area contributed by atoms with Crippen molar-refractivity contribution in [2.75, 3.05) is 13.7 Å². The van der Waals surface area contributed by atoms with Crippen LogP contribution in [0.15, 0.2) is 18.2 Å². The maximum absolute atomic E-state index is 11.6. The average molecular weight is 266 g/mol. The molecule has 0 saturated heterocycles. The molecule has 0 fully saturated rings. The summed E-state index contributed by atoms with van der Waals surface area (Å²) in [6, 6.07) is 5.60. The molecule has 0 aliphatic heterocycles. The lowest BCUT2D eigenvalue weighted by Crippen LogP contribution is -2.32. The Kier molecular flexibility index (Phi) is 4.95. The molecule has 0 bridgehead atoms. The van der Waals surface area contributed by atoms with Crippen LogP contribution in [0.25, 0.3) is 0 Å². The lowest BCUT2D eigenvalue weighted by molar-refractivity contribution is -0.152. The topological polar surface area (TPSA) is 55.8 Å². The lowest BCUT2D eigenvalue weighted by Gasteiger charge is -2.23. The van der Waals surface area contributed by atoms with Crippen LogP contribution in [0.4, 0.5) is 0 Å². The second kappa shape index (κ2) is 6.06. The number of aliphatic hydroxyl groups excluding tert-OH is 1. The minimum atomic E-state index is -0.727. The first-order chi connectivity index (χ1) is 8.77. The number of aryl methyl sites for hydroxylation is 1. The molecule has 0 spiro atoms. The maximum Gasteiger partial charge on any atom is 0.314 e. The zero-order valence-electron chi connectivity index (χ0n) is 12.2. The highest BCUT2D eigenvalue weighted by Crippen LogP contribution is 2.28. The van der Waals surface area contributed by atoms with Crippen molar-refractivity contribution in [2.45, 2.75) is 33.8 Å². The van der Waals surface area contributed by atoms with Gasteiger partial charge in [0.25, 0.3) is 0 Å². The van der Waals surface area contributed by atoms with E-state index in [0.717, 1.165) is 11.1 Å². The zero-order chi connectivity index (χ0) is 14.6. The van der Waals surface area contributed by atoms with Crippen molar-refractivity contribution < 1.29 is 19.4 Å². The third-order valence-corrected chi connectivity index (χ3v) is 2.94. The van der Waals surface area contributed by atoms with E-state index in [2.05, 4.69) is 0 Å². The van der Waals surface area contributed by atoms with Gasteiger partial charge in [0.1, 0.15) is 12.4 Å². The van der Waals surface area contributed by atoms with Gasteiger partial charge in [0.05, 0.1) is 18.6 Å². The summed E-state index contributed by atoms with van der Waals surface area (Å²) in [6.07, 6.45) is -0.615. The molecule has 0 saturated carbocycles. The molecular weight excluding hydrogens is 244 g/mol. The SMILES string of the molecule is COC(=O)C(C)(C)COc1ccc(C)cc1[C@H](C)O. The van der Waals surface area contributed by atoms with Crippen molar-refractivity contribution in [3.63, 3.8) is 0 Å². The average Bonchev–Trinajstić information content (AvgIpc) is 2.36. The molecule has 0 radical (unpaired) electrons. The van der Waals surface area contributed by atoms with Gasteiger partial charge in [0.15, 0.2) is 0 Å². The summed E-state index contributed by atoms with van der Waals surface area (Å²) in [4.78, 5) is 11.6. The van der Waals surface area contributed by atoms with Crippen molar-refractivity contribution in [1.82, 2.24) is 0 Å². The van der Waals surface area contributed by atoms with Crippen LogP contribution in [0.3, 0.4) is 0 Å². The van der Waals surface area contributed by atoms with Crippen LogP contribution in [0.1, 0.15) is 38.0 Å². The zero-order valence-corrected chi connectivity index (χ0v) is 12.2. The summed E-state index contributed by atoms with van der Waals surface area (Å²) in [5, 5.41) is 9.74. The van der Waals surface area contributed by atoms with Gasteiger partial charge in [-0.1, -0.05) is 11.6 Å². The minimum Gasteiger partial charge on any atom is -0.492 e. The lowest BCUT2D eigenvalue weighted by atomic mass is 9.95. The molecule has 106 valence electrons. The Morgan fingerprint density at radius 1 is 1.42 bits per heavy atom. The Morgan fingerprint density at radius 2 is 2.05 bits per heavy atom. The van der Waals surface area contributed by atoms with Gasteiger partial charge >= 0.3 is 5.97 Å². The fraction of sp³-hybridized carbons (Fsp3) is 0.533. The Labute approximate surface area is 114 Å². The Balaban J connectivity index is 2.86. The van der Waals surface area contributed by atoms with Gasteiger partial charge in [-0.3, -0.25) is 4.79 Å².